The van der Waals surface area contributed by atoms with Crippen molar-refractivity contribution in [3.05, 3.63) is 24.5 Å². The lowest BCUT2D eigenvalue weighted by atomic mass is 9.90. The van der Waals surface area contributed by atoms with Crippen LogP contribution in [0.5, 0.6) is 0 Å². The van der Waals surface area contributed by atoms with Gasteiger partial charge in [0, 0.05) is 24.8 Å². The molecule has 0 aliphatic heterocycles. The van der Waals surface area contributed by atoms with E-state index in [1.807, 2.05) is 18.5 Å². The van der Waals surface area contributed by atoms with Gasteiger partial charge in [-0.3, -0.25) is 4.98 Å². The van der Waals surface area contributed by atoms with Gasteiger partial charge < -0.3 is 10.6 Å². The maximum absolute atomic E-state index is 5.76. The molecule has 3 nitrogen and oxygen atoms in total. The Labute approximate surface area is 91.3 Å². The van der Waals surface area contributed by atoms with Crippen LogP contribution in [0.25, 0.3) is 0 Å². The summed E-state index contributed by atoms with van der Waals surface area (Å²) in [7, 11) is 0. The van der Waals surface area contributed by atoms with E-state index >= 15 is 0 Å². The fourth-order valence-corrected chi connectivity index (χ4v) is 2.11. The Balaban J connectivity index is 2.18. The van der Waals surface area contributed by atoms with Gasteiger partial charge in [0.05, 0.1) is 11.9 Å². The number of anilines is 1. The summed E-state index contributed by atoms with van der Waals surface area (Å²) in [6.45, 7) is 2.89. The molecule has 82 valence electrons. The Hall–Kier alpha value is -1.09. The second-order valence-electron chi connectivity index (χ2n) is 4.29. The van der Waals surface area contributed by atoms with Crippen molar-refractivity contribution in [2.75, 3.05) is 11.4 Å². The highest BCUT2D eigenvalue weighted by Gasteiger charge is 2.28. The van der Waals surface area contributed by atoms with Crippen molar-refractivity contribution in [3.8, 4) is 0 Å². The molecule has 1 aliphatic carbocycles. The lowest BCUT2D eigenvalue weighted by molar-refractivity contribution is 0.364. The van der Waals surface area contributed by atoms with Crippen LogP contribution >= 0.6 is 0 Å². The molecule has 1 heterocycles. The van der Waals surface area contributed by atoms with E-state index in [4.69, 9.17) is 5.73 Å². The lowest BCUT2D eigenvalue weighted by Crippen LogP contribution is -2.48. The standard InChI is InChI=1S/C12H19N3/c1-10(8-13)15(11-4-2-5-11)12-6-3-7-14-9-12/h3,6-7,9-11H,2,4-5,8,13H2,1H3. The molecule has 1 aromatic rings. The number of rotatable bonds is 4. The van der Waals surface area contributed by atoms with E-state index in [-0.39, 0.29) is 0 Å². The van der Waals surface area contributed by atoms with Crippen molar-refractivity contribution in [2.24, 2.45) is 5.73 Å². The summed E-state index contributed by atoms with van der Waals surface area (Å²) in [5.41, 5.74) is 6.97. The highest BCUT2D eigenvalue weighted by Crippen LogP contribution is 2.30. The minimum Gasteiger partial charge on any atom is -0.363 e. The summed E-state index contributed by atoms with van der Waals surface area (Å²) >= 11 is 0. The van der Waals surface area contributed by atoms with E-state index in [2.05, 4.69) is 22.9 Å². The summed E-state index contributed by atoms with van der Waals surface area (Å²) in [5.74, 6) is 0. The summed E-state index contributed by atoms with van der Waals surface area (Å²) in [5, 5.41) is 0. The maximum Gasteiger partial charge on any atom is 0.0558 e. The van der Waals surface area contributed by atoms with Crippen LogP contribution in [0.1, 0.15) is 26.2 Å². The number of pyridine rings is 1. The zero-order valence-electron chi connectivity index (χ0n) is 9.26. The van der Waals surface area contributed by atoms with Crippen molar-refractivity contribution >= 4 is 5.69 Å². The summed E-state index contributed by atoms with van der Waals surface area (Å²) in [4.78, 5) is 6.61. The largest absolute Gasteiger partial charge is 0.363 e. The summed E-state index contributed by atoms with van der Waals surface area (Å²) < 4.78 is 0. The zero-order valence-corrected chi connectivity index (χ0v) is 9.26. The molecule has 3 heteroatoms. The molecular formula is C12H19N3. The number of hydrogen-bond donors (Lipinski definition) is 1. The van der Waals surface area contributed by atoms with Gasteiger partial charge in [0.1, 0.15) is 0 Å². The molecule has 1 fully saturated rings. The first kappa shape index (κ1) is 10.4. The van der Waals surface area contributed by atoms with Crippen LogP contribution in [0, 0.1) is 0 Å². The van der Waals surface area contributed by atoms with E-state index in [1.54, 1.807) is 0 Å². The Kier molecular flexibility index (Phi) is 3.21. The molecule has 2 N–H and O–H groups in total. The molecule has 0 bridgehead atoms. The van der Waals surface area contributed by atoms with Crippen molar-refractivity contribution in [1.82, 2.24) is 4.98 Å². The number of aromatic nitrogens is 1. The van der Waals surface area contributed by atoms with Crippen LogP contribution in [0.3, 0.4) is 0 Å². The van der Waals surface area contributed by atoms with Crippen LogP contribution in [-0.2, 0) is 0 Å². The highest BCUT2D eigenvalue weighted by molar-refractivity contribution is 5.46. The van der Waals surface area contributed by atoms with Gasteiger partial charge in [-0.2, -0.15) is 0 Å². The third-order valence-electron chi connectivity index (χ3n) is 3.23. The minimum atomic E-state index is 0.402. The average Bonchev–Trinajstić information content (AvgIpc) is 2.23. The second kappa shape index (κ2) is 4.62. The molecular weight excluding hydrogens is 186 g/mol. The Morgan fingerprint density at radius 3 is 2.87 bits per heavy atom. The molecule has 0 radical (unpaired) electrons. The number of nitrogens with zero attached hydrogens (tertiary/aromatic N) is 2. The SMILES string of the molecule is CC(CN)N(c1cccnc1)C1CCC1. The van der Waals surface area contributed by atoms with Crippen LogP contribution in [0.2, 0.25) is 0 Å². The van der Waals surface area contributed by atoms with Gasteiger partial charge in [0.2, 0.25) is 0 Å². The van der Waals surface area contributed by atoms with Crippen LogP contribution in [0.4, 0.5) is 5.69 Å². The lowest BCUT2D eigenvalue weighted by Gasteiger charge is -2.42. The molecule has 2 rings (SSSR count). The predicted octanol–water partition coefficient (Wildman–Crippen LogP) is 1.79. The maximum atomic E-state index is 5.76. The second-order valence-corrected chi connectivity index (χ2v) is 4.29. The Morgan fingerprint density at radius 1 is 1.60 bits per heavy atom. The first-order valence-corrected chi connectivity index (χ1v) is 5.71. The molecule has 1 atom stereocenters. The van der Waals surface area contributed by atoms with E-state index in [0.717, 1.165) is 0 Å². The predicted molar refractivity (Wildman–Crippen MR) is 62.9 cm³/mol. The van der Waals surface area contributed by atoms with Crippen molar-refractivity contribution in [1.29, 1.82) is 0 Å². The zero-order chi connectivity index (χ0) is 10.7. The molecule has 1 saturated carbocycles. The topological polar surface area (TPSA) is 42.1 Å². The third kappa shape index (κ3) is 2.12. The van der Waals surface area contributed by atoms with Gasteiger partial charge >= 0.3 is 0 Å². The molecule has 0 saturated heterocycles. The normalized spacial score (nSPS) is 18.3. The molecule has 1 unspecified atom stereocenters. The quantitative estimate of drug-likeness (QED) is 0.814. The number of hydrogen-bond acceptors (Lipinski definition) is 3. The average molecular weight is 205 g/mol. The van der Waals surface area contributed by atoms with E-state index in [9.17, 15) is 0 Å². The first-order chi connectivity index (χ1) is 7.33. The van der Waals surface area contributed by atoms with Crippen LogP contribution in [0.15, 0.2) is 24.5 Å². The van der Waals surface area contributed by atoms with Gasteiger partial charge in [0.15, 0.2) is 0 Å². The third-order valence-corrected chi connectivity index (χ3v) is 3.23. The van der Waals surface area contributed by atoms with E-state index in [1.165, 1.54) is 24.9 Å². The van der Waals surface area contributed by atoms with Crippen LogP contribution in [-0.4, -0.2) is 23.6 Å². The Morgan fingerprint density at radius 2 is 2.40 bits per heavy atom. The van der Waals surface area contributed by atoms with Gasteiger partial charge in [-0.15, -0.1) is 0 Å². The molecule has 0 spiro atoms. The van der Waals surface area contributed by atoms with E-state index < -0.39 is 0 Å². The van der Waals surface area contributed by atoms with Gasteiger partial charge in [-0.1, -0.05) is 0 Å². The number of nitrogens with two attached hydrogens (primary N) is 1. The van der Waals surface area contributed by atoms with Crippen LogP contribution < -0.4 is 10.6 Å². The summed E-state index contributed by atoms with van der Waals surface area (Å²) in [6, 6.07) is 5.19. The van der Waals surface area contributed by atoms with Crippen molar-refractivity contribution in [2.45, 2.75) is 38.3 Å². The first-order valence-electron chi connectivity index (χ1n) is 5.71. The van der Waals surface area contributed by atoms with Gasteiger partial charge in [-0.05, 0) is 38.3 Å². The minimum absolute atomic E-state index is 0.402. The molecule has 15 heavy (non-hydrogen) atoms. The molecule has 1 aliphatic rings. The Bertz CT molecular complexity index is 290. The summed E-state index contributed by atoms with van der Waals surface area (Å²) in [6.07, 6.45) is 7.68. The van der Waals surface area contributed by atoms with Gasteiger partial charge in [0.25, 0.3) is 0 Å². The fraction of sp³-hybridized carbons (Fsp3) is 0.583. The highest BCUT2D eigenvalue weighted by atomic mass is 15.2. The van der Waals surface area contributed by atoms with E-state index in [0.29, 0.717) is 18.6 Å². The molecule has 1 aromatic heterocycles. The molecule has 0 aromatic carbocycles. The monoisotopic (exact) mass is 205 g/mol. The van der Waals surface area contributed by atoms with Gasteiger partial charge in [-0.25, -0.2) is 0 Å². The smallest absolute Gasteiger partial charge is 0.0558 e. The fourth-order valence-electron chi connectivity index (χ4n) is 2.11. The van der Waals surface area contributed by atoms with Crippen molar-refractivity contribution < 1.29 is 0 Å². The van der Waals surface area contributed by atoms with Crippen molar-refractivity contribution in [3.63, 3.8) is 0 Å². The molecule has 0 amide bonds.